The van der Waals surface area contributed by atoms with Crippen molar-refractivity contribution < 1.29 is 5.11 Å². The van der Waals surface area contributed by atoms with Crippen LogP contribution in [0.1, 0.15) is 75.5 Å². The molecule has 0 saturated heterocycles. The van der Waals surface area contributed by atoms with E-state index in [4.69, 9.17) is 5.73 Å². The van der Waals surface area contributed by atoms with Gasteiger partial charge in [0.1, 0.15) is 0 Å². The molecule has 0 aromatic heterocycles. The van der Waals surface area contributed by atoms with Crippen LogP contribution >= 0.6 is 0 Å². The summed E-state index contributed by atoms with van der Waals surface area (Å²) in [6, 6.07) is 6.99. The van der Waals surface area contributed by atoms with E-state index < -0.39 is 5.54 Å². The van der Waals surface area contributed by atoms with Gasteiger partial charge in [0.25, 0.3) is 0 Å². The molecule has 0 heterocycles. The molecule has 0 radical (unpaired) electrons. The highest BCUT2D eigenvalue weighted by atomic mass is 16.3. The summed E-state index contributed by atoms with van der Waals surface area (Å²) in [5.41, 5.74) is 11.2. The van der Waals surface area contributed by atoms with Crippen LogP contribution in [0.3, 0.4) is 0 Å². The molecule has 0 amide bonds. The van der Waals surface area contributed by atoms with E-state index in [0.29, 0.717) is 0 Å². The Labute approximate surface area is 148 Å². The maximum absolute atomic E-state index is 9.54. The Hall–Kier alpha value is -1.12. The number of aliphatic hydroxyl groups excluding tert-OH is 1. The molecule has 3 N–H and O–H groups in total. The normalized spacial score (nSPS) is 16.9. The first-order chi connectivity index (χ1) is 11.6. The molecule has 2 heteroatoms. The van der Waals surface area contributed by atoms with E-state index in [2.05, 4.69) is 31.2 Å². The van der Waals surface area contributed by atoms with Gasteiger partial charge in [-0.25, -0.2) is 0 Å². The van der Waals surface area contributed by atoms with Crippen LogP contribution in [0.15, 0.2) is 29.8 Å². The average molecular weight is 330 g/mol. The molecule has 0 saturated carbocycles. The molecule has 1 aliphatic rings. The van der Waals surface area contributed by atoms with Crippen molar-refractivity contribution in [3.8, 4) is 0 Å². The monoisotopic (exact) mass is 329 g/mol. The third-order valence-electron chi connectivity index (χ3n) is 5.34. The lowest BCUT2D eigenvalue weighted by atomic mass is 9.88. The Morgan fingerprint density at radius 3 is 2.58 bits per heavy atom. The maximum atomic E-state index is 9.54. The van der Waals surface area contributed by atoms with E-state index in [-0.39, 0.29) is 6.61 Å². The van der Waals surface area contributed by atoms with Crippen LogP contribution in [0, 0.1) is 0 Å². The number of hydrogen-bond acceptors (Lipinski definition) is 2. The number of hydrogen-bond donors (Lipinski definition) is 2. The van der Waals surface area contributed by atoms with Crippen LogP contribution in [-0.2, 0) is 19.3 Å². The van der Waals surface area contributed by atoms with E-state index in [9.17, 15) is 5.11 Å². The first kappa shape index (κ1) is 19.2. The second-order valence-corrected chi connectivity index (χ2v) is 7.64. The highest BCUT2D eigenvalue weighted by Gasteiger charge is 2.24. The fraction of sp³-hybridized carbons (Fsp3) is 0.636. The van der Waals surface area contributed by atoms with E-state index in [1.807, 2.05) is 6.92 Å². The molecule has 2 nitrogen and oxygen atoms in total. The van der Waals surface area contributed by atoms with Crippen molar-refractivity contribution in [1.82, 2.24) is 0 Å². The van der Waals surface area contributed by atoms with Crippen molar-refractivity contribution in [2.75, 3.05) is 6.61 Å². The summed E-state index contributed by atoms with van der Waals surface area (Å²) in [5.74, 6) is 0. The Balaban J connectivity index is 1.92. The molecule has 0 unspecified atom stereocenters. The summed E-state index contributed by atoms with van der Waals surface area (Å²) >= 11 is 0. The number of fused-ring (bicyclic) bond motifs is 1. The Morgan fingerprint density at radius 2 is 1.83 bits per heavy atom. The number of rotatable bonds is 9. The Morgan fingerprint density at radius 1 is 1.08 bits per heavy atom. The Kier molecular flexibility index (Phi) is 7.51. The highest BCUT2D eigenvalue weighted by molar-refractivity contribution is 5.39. The minimum atomic E-state index is -0.598. The van der Waals surface area contributed by atoms with Gasteiger partial charge >= 0.3 is 0 Å². The highest BCUT2D eigenvalue weighted by Crippen LogP contribution is 2.27. The fourth-order valence-corrected chi connectivity index (χ4v) is 3.57. The molecule has 24 heavy (non-hydrogen) atoms. The third kappa shape index (κ3) is 5.46. The average Bonchev–Trinajstić information content (AvgIpc) is 2.80. The third-order valence-corrected chi connectivity index (χ3v) is 5.34. The molecule has 2 rings (SSSR count). The van der Waals surface area contributed by atoms with Gasteiger partial charge in [0.2, 0.25) is 0 Å². The van der Waals surface area contributed by atoms with Crippen molar-refractivity contribution in [3.63, 3.8) is 0 Å². The smallest absolute Gasteiger partial charge is 0.0647 e. The second kappa shape index (κ2) is 9.39. The van der Waals surface area contributed by atoms with Crippen LogP contribution in [0.25, 0.3) is 0 Å². The minimum absolute atomic E-state index is 0.00425. The zero-order chi connectivity index (χ0) is 17.4. The van der Waals surface area contributed by atoms with Crippen molar-refractivity contribution in [2.24, 2.45) is 5.73 Å². The molecule has 1 atom stereocenters. The van der Waals surface area contributed by atoms with Gasteiger partial charge in [0.05, 0.1) is 12.1 Å². The SMILES string of the molecule is CCCCCCCCc1ccc2c(c1)CCC=C([C@](C)(N)CO)C2. The molecule has 1 aromatic carbocycles. The summed E-state index contributed by atoms with van der Waals surface area (Å²) in [7, 11) is 0. The van der Waals surface area contributed by atoms with Crippen LogP contribution in [0.2, 0.25) is 0 Å². The molecule has 1 aliphatic carbocycles. The summed E-state index contributed by atoms with van der Waals surface area (Å²) in [6.07, 6.45) is 14.5. The second-order valence-electron chi connectivity index (χ2n) is 7.64. The predicted octanol–water partition coefficient (Wildman–Crippen LogP) is 4.71. The van der Waals surface area contributed by atoms with Gasteiger partial charge < -0.3 is 10.8 Å². The van der Waals surface area contributed by atoms with Gasteiger partial charge in [0, 0.05) is 0 Å². The zero-order valence-electron chi connectivity index (χ0n) is 15.6. The van der Waals surface area contributed by atoms with Crippen LogP contribution in [0.4, 0.5) is 0 Å². The van der Waals surface area contributed by atoms with Gasteiger partial charge in [-0.1, -0.05) is 63.3 Å². The van der Waals surface area contributed by atoms with Gasteiger partial charge in [-0.05, 0) is 61.3 Å². The summed E-state index contributed by atoms with van der Waals surface area (Å²) < 4.78 is 0. The van der Waals surface area contributed by atoms with Crippen LogP contribution in [0.5, 0.6) is 0 Å². The molecular formula is C22H35NO. The number of benzene rings is 1. The molecule has 0 fully saturated rings. The number of aryl methyl sites for hydroxylation is 2. The summed E-state index contributed by atoms with van der Waals surface area (Å²) in [5, 5.41) is 9.54. The first-order valence-electron chi connectivity index (χ1n) is 9.76. The lowest BCUT2D eigenvalue weighted by molar-refractivity contribution is 0.229. The van der Waals surface area contributed by atoms with Crippen molar-refractivity contribution in [1.29, 1.82) is 0 Å². The van der Waals surface area contributed by atoms with Crippen molar-refractivity contribution in [3.05, 3.63) is 46.5 Å². The summed E-state index contributed by atoms with van der Waals surface area (Å²) in [6.45, 7) is 4.20. The van der Waals surface area contributed by atoms with Gasteiger partial charge in [-0.15, -0.1) is 0 Å². The van der Waals surface area contributed by atoms with Crippen LogP contribution in [-0.4, -0.2) is 17.3 Å². The van der Waals surface area contributed by atoms with Gasteiger partial charge in [0.15, 0.2) is 0 Å². The Bertz CT molecular complexity index is 545. The standard InChI is InChI=1S/C22H35NO/c1-3-4-5-6-7-8-10-18-13-14-20-16-21(22(2,23)17-24)12-9-11-19(20)15-18/h12-15,24H,3-11,16-17,23H2,1-2H3/t22-/m1/s1. The van der Waals surface area contributed by atoms with E-state index in [0.717, 1.165) is 19.3 Å². The first-order valence-corrected chi connectivity index (χ1v) is 9.76. The number of allylic oxidation sites excluding steroid dienone is 1. The van der Waals surface area contributed by atoms with Crippen molar-refractivity contribution >= 4 is 0 Å². The summed E-state index contributed by atoms with van der Waals surface area (Å²) in [4.78, 5) is 0. The molecule has 134 valence electrons. The van der Waals surface area contributed by atoms with E-state index in [1.165, 1.54) is 67.2 Å². The molecule has 0 bridgehead atoms. The fourth-order valence-electron chi connectivity index (χ4n) is 3.57. The number of aliphatic hydroxyl groups is 1. The van der Waals surface area contributed by atoms with E-state index >= 15 is 0 Å². The maximum Gasteiger partial charge on any atom is 0.0647 e. The van der Waals surface area contributed by atoms with Crippen LogP contribution < -0.4 is 5.73 Å². The van der Waals surface area contributed by atoms with Crippen molar-refractivity contribution in [2.45, 2.75) is 83.6 Å². The predicted molar refractivity (Wildman–Crippen MR) is 103 cm³/mol. The molecule has 1 aromatic rings. The number of nitrogens with two attached hydrogens (primary N) is 1. The van der Waals surface area contributed by atoms with Gasteiger partial charge in [-0.3, -0.25) is 0 Å². The van der Waals surface area contributed by atoms with Gasteiger partial charge in [-0.2, -0.15) is 0 Å². The topological polar surface area (TPSA) is 46.2 Å². The number of unbranched alkanes of at least 4 members (excludes halogenated alkanes) is 5. The lowest BCUT2D eigenvalue weighted by Gasteiger charge is -2.25. The molecule has 0 aliphatic heterocycles. The van der Waals surface area contributed by atoms with E-state index in [1.54, 1.807) is 0 Å². The molecular weight excluding hydrogens is 294 g/mol. The minimum Gasteiger partial charge on any atom is -0.394 e. The molecule has 0 spiro atoms. The zero-order valence-corrected chi connectivity index (χ0v) is 15.6. The largest absolute Gasteiger partial charge is 0.394 e. The lowest BCUT2D eigenvalue weighted by Crippen LogP contribution is -2.42. The quantitative estimate of drug-likeness (QED) is 0.509.